The van der Waals surface area contributed by atoms with Gasteiger partial charge in [-0.15, -0.1) is 0 Å². The van der Waals surface area contributed by atoms with E-state index in [1.807, 2.05) is 0 Å². The lowest BCUT2D eigenvalue weighted by molar-refractivity contribution is -0.384. The highest BCUT2D eigenvalue weighted by Gasteiger charge is 2.45. The summed E-state index contributed by atoms with van der Waals surface area (Å²) in [6, 6.07) is 1.44. The van der Waals surface area contributed by atoms with Gasteiger partial charge in [0.2, 0.25) is 0 Å². The molecule has 0 spiro atoms. The number of pyridine rings is 1. The third-order valence-corrected chi connectivity index (χ3v) is 4.22. The number of rotatable bonds is 5. The minimum Gasteiger partial charge on any atom is -0.324 e. The molecular weight excluding hydrogens is 272 g/mol. The van der Waals surface area contributed by atoms with Crippen molar-refractivity contribution in [2.45, 2.75) is 31.7 Å². The van der Waals surface area contributed by atoms with Gasteiger partial charge < -0.3 is 10.2 Å². The predicted octanol–water partition coefficient (Wildman–Crippen LogP) is 2.64. The molecule has 1 heterocycles. The summed E-state index contributed by atoms with van der Waals surface area (Å²) in [7, 11) is 1.78. The Bertz CT molecular complexity index is 557. The first-order chi connectivity index (χ1) is 10.1. The highest BCUT2D eigenvalue weighted by atomic mass is 16.6. The van der Waals surface area contributed by atoms with E-state index in [9.17, 15) is 14.9 Å². The molecule has 0 saturated heterocycles. The Labute approximate surface area is 122 Å². The minimum absolute atomic E-state index is 0.186. The molecule has 7 nitrogen and oxygen atoms in total. The maximum absolute atomic E-state index is 12.4. The third-order valence-electron chi connectivity index (χ3n) is 4.22. The first-order valence-corrected chi connectivity index (χ1v) is 7.20. The molecule has 1 N–H and O–H groups in total. The van der Waals surface area contributed by atoms with E-state index >= 15 is 0 Å². The largest absolute Gasteiger partial charge is 0.324 e. The Hall–Kier alpha value is -2.18. The lowest BCUT2D eigenvalue weighted by Crippen LogP contribution is -2.42. The molecular formula is C14H18N4O3. The zero-order chi connectivity index (χ0) is 15.0. The van der Waals surface area contributed by atoms with Gasteiger partial charge in [0.05, 0.1) is 4.92 Å². The Morgan fingerprint density at radius 3 is 2.57 bits per heavy atom. The van der Waals surface area contributed by atoms with Crippen LogP contribution in [-0.2, 0) is 0 Å². The van der Waals surface area contributed by atoms with E-state index in [0.29, 0.717) is 11.8 Å². The Morgan fingerprint density at radius 1 is 1.43 bits per heavy atom. The Kier molecular flexibility index (Phi) is 3.48. The summed E-state index contributed by atoms with van der Waals surface area (Å²) in [5.74, 6) is 1.20. The van der Waals surface area contributed by atoms with Crippen LogP contribution < -0.4 is 5.32 Å². The number of carbonyl (C=O) groups excluding carboxylic acids is 1. The number of urea groups is 1. The maximum Gasteiger partial charge on any atom is 0.322 e. The zero-order valence-electron chi connectivity index (χ0n) is 11.9. The van der Waals surface area contributed by atoms with Crippen LogP contribution in [0.1, 0.15) is 25.7 Å². The number of hydrogen-bond donors (Lipinski definition) is 1. The van der Waals surface area contributed by atoms with Crippen molar-refractivity contribution in [2.24, 2.45) is 11.8 Å². The lowest BCUT2D eigenvalue weighted by Gasteiger charge is -2.28. The third kappa shape index (κ3) is 2.96. The number of amides is 2. The van der Waals surface area contributed by atoms with Crippen molar-refractivity contribution in [1.29, 1.82) is 0 Å². The van der Waals surface area contributed by atoms with E-state index in [1.54, 1.807) is 11.9 Å². The second-order valence-corrected chi connectivity index (χ2v) is 5.86. The average Bonchev–Trinajstić information content (AvgIpc) is 3.33. The number of nitrogens with zero attached hydrogens (tertiary/aromatic N) is 3. The van der Waals surface area contributed by atoms with Crippen LogP contribution in [0.3, 0.4) is 0 Å². The summed E-state index contributed by atoms with van der Waals surface area (Å²) in [5, 5.41) is 13.6. The SMILES string of the molecule is CN(C(=O)Nc1ccncc1[N+](=O)[O-])C(C1CC1)C1CC1. The van der Waals surface area contributed by atoms with Gasteiger partial charge in [0, 0.05) is 19.3 Å². The molecule has 21 heavy (non-hydrogen) atoms. The molecule has 1 aromatic rings. The molecule has 0 radical (unpaired) electrons. The van der Waals surface area contributed by atoms with Crippen LogP contribution in [0.2, 0.25) is 0 Å². The van der Waals surface area contributed by atoms with Crippen molar-refractivity contribution < 1.29 is 9.72 Å². The smallest absolute Gasteiger partial charge is 0.322 e. The average molecular weight is 290 g/mol. The fourth-order valence-corrected chi connectivity index (χ4v) is 2.87. The van der Waals surface area contributed by atoms with Gasteiger partial charge in [-0.2, -0.15) is 0 Å². The van der Waals surface area contributed by atoms with E-state index in [0.717, 1.165) is 6.20 Å². The number of nitro groups is 1. The number of anilines is 1. The van der Waals surface area contributed by atoms with Crippen molar-refractivity contribution in [3.05, 3.63) is 28.6 Å². The van der Waals surface area contributed by atoms with Gasteiger partial charge in [-0.1, -0.05) is 0 Å². The van der Waals surface area contributed by atoms with E-state index in [1.165, 1.54) is 37.9 Å². The fraction of sp³-hybridized carbons (Fsp3) is 0.571. The minimum atomic E-state index is -0.540. The molecule has 0 bridgehead atoms. The quantitative estimate of drug-likeness (QED) is 0.667. The van der Waals surface area contributed by atoms with Crippen molar-refractivity contribution in [3.8, 4) is 0 Å². The van der Waals surface area contributed by atoms with E-state index < -0.39 is 4.92 Å². The monoisotopic (exact) mass is 290 g/mol. The molecule has 7 heteroatoms. The lowest BCUT2D eigenvalue weighted by atomic mass is 10.1. The van der Waals surface area contributed by atoms with Gasteiger partial charge in [0.15, 0.2) is 0 Å². The van der Waals surface area contributed by atoms with Crippen molar-refractivity contribution in [3.63, 3.8) is 0 Å². The molecule has 0 aliphatic heterocycles. The predicted molar refractivity (Wildman–Crippen MR) is 76.9 cm³/mol. The van der Waals surface area contributed by atoms with Gasteiger partial charge in [-0.3, -0.25) is 15.1 Å². The number of carbonyl (C=O) groups is 1. The first-order valence-electron chi connectivity index (χ1n) is 7.20. The fourth-order valence-electron chi connectivity index (χ4n) is 2.87. The molecule has 3 rings (SSSR count). The number of hydrogen-bond acceptors (Lipinski definition) is 4. The summed E-state index contributed by atoms with van der Waals surface area (Å²) < 4.78 is 0. The molecule has 2 aliphatic carbocycles. The van der Waals surface area contributed by atoms with Gasteiger partial charge in [-0.05, 0) is 43.6 Å². The second-order valence-electron chi connectivity index (χ2n) is 5.86. The maximum atomic E-state index is 12.4. The van der Waals surface area contributed by atoms with Gasteiger partial charge >= 0.3 is 11.7 Å². The number of aromatic nitrogens is 1. The van der Waals surface area contributed by atoms with Crippen LogP contribution in [0.5, 0.6) is 0 Å². The molecule has 0 atom stereocenters. The summed E-state index contributed by atoms with van der Waals surface area (Å²) in [5.41, 5.74) is 0.00541. The Balaban J connectivity index is 1.72. The van der Waals surface area contributed by atoms with Crippen LogP contribution in [0.25, 0.3) is 0 Å². The molecule has 2 amide bonds. The highest BCUT2D eigenvalue weighted by Crippen LogP contribution is 2.46. The van der Waals surface area contributed by atoms with Crippen LogP contribution in [0, 0.1) is 22.0 Å². The molecule has 112 valence electrons. The topological polar surface area (TPSA) is 88.4 Å². The van der Waals surface area contributed by atoms with Gasteiger partial charge in [-0.25, -0.2) is 4.79 Å². The summed E-state index contributed by atoms with van der Waals surface area (Å²) in [4.78, 5) is 28.2. The van der Waals surface area contributed by atoms with Crippen molar-refractivity contribution >= 4 is 17.4 Å². The molecule has 2 saturated carbocycles. The normalized spacial score (nSPS) is 17.6. The van der Waals surface area contributed by atoms with Crippen molar-refractivity contribution in [1.82, 2.24) is 9.88 Å². The second kappa shape index (κ2) is 5.31. The molecule has 2 aliphatic rings. The van der Waals surface area contributed by atoms with Gasteiger partial charge in [0.1, 0.15) is 11.9 Å². The summed E-state index contributed by atoms with van der Waals surface area (Å²) >= 11 is 0. The van der Waals surface area contributed by atoms with Crippen LogP contribution >= 0.6 is 0 Å². The number of nitrogens with one attached hydrogen (secondary N) is 1. The first kappa shape index (κ1) is 13.8. The van der Waals surface area contributed by atoms with Crippen LogP contribution in [0.4, 0.5) is 16.2 Å². The summed E-state index contributed by atoms with van der Waals surface area (Å²) in [6.07, 6.45) is 7.28. The highest BCUT2D eigenvalue weighted by molar-refractivity contribution is 5.91. The molecule has 0 aromatic carbocycles. The zero-order valence-corrected chi connectivity index (χ0v) is 11.9. The van der Waals surface area contributed by atoms with E-state index in [-0.39, 0.29) is 23.4 Å². The van der Waals surface area contributed by atoms with Crippen LogP contribution in [-0.4, -0.2) is 33.9 Å². The molecule has 2 fully saturated rings. The van der Waals surface area contributed by atoms with Gasteiger partial charge in [0.25, 0.3) is 0 Å². The van der Waals surface area contributed by atoms with E-state index in [2.05, 4.69) is 10.3 Å². The summed E-state index contributed by atoms with van der Waals surface area (Å²) in [6.45, 7) is 0. The molecule has 1 aromatic heterocycles. The van der Waals surface area contributed by atoms with Crippen molar-refractivity contribution in [2.75, 3.05) is 12.4 Å². The standard InChI is InChI=1S/C14H18N4O3/c1-17(13(9-2-3-9)10-4-5-10)14(19)16-11-6-7-15-8-12(11)18(20)21/h6-10,13H,2-5H2,1H3,(H,15,16,19). The Morgan fingerprint density at radius 2 is 2.05 bits per heavy atom. The molecule has 0 unspecified atom stereocenters. The van der Waals surface area contributed by atoms with Crippen LogP contribution in [0.15, 0.2) is 18.5 Å². The van der Waals surface area contributed by atoms with E-state index in [4.69, 9.17) is 0 Å².